The molecule has 86 valence electrons. The maximum atomic E-state index is 11.0. The van der Waals surface area contributed by atoms with E-state index < -0.39 is 5.97 Å². The van der Waals surface area contributed by atoms with Crippen LogP contribution in [-0.4, -0.2) is 27.1 Å². The largest absolute Gasteiger partial charge is 0.478 e. The topological polar surface area (TPSA) is 75.1 Å². The molecule has 0 saturated heterocycles. The predicted octanol–water partition coefficient (Wildman–Crippen LogP) is 1.87. The highest BCUT2D eigenvalue weighted by Crippen LogP contribution is 2.24. The molecule has 0 radical (unpaired) electrons. The lowest BCUT2D eigenvalue weighted by Crippen LogP contribution is -2.12. The van der Waals surface area contributed by atoms with Gasteiger partial charge in [-0.1, -0.05) is 13.8 Å². The molecule has 1 heterocycles. The molecule has 1 aromatic rings. The molecule has 1 aliphatic rings. The zero-order valence-corrected chi connectivity index (χ0v) is 9.40. The Balaban J connectivity index is 2.30. The molecular weight excluding hydrogens is 206 g/mol. The molecule has 0 aliphatic heterocycles. The summed E-state index contributed by atoms with van der Waals surface area (Å²) in [4.78, 5) is 19.3. The SMILES string of the molecule is CC(C)c1nc(NC2CC2)ncc1C(=O)O. The number of hydrogen-bond donors (Lipinski definition) is 2. The van der Waals surface area contributed by atoms with Crippen molar-refractivity contribution in [1.29, 1.82) is 0 Å². The summed E-state index contributed by atoms with van der Waals surface area (Å²) in [6.45, 7) is 3.85. The van der Waals surface area contributed by atoms with Crippen LogP contribution in [0.25, 0.3) is 0 Å². The Morgan fingerprint density at radius 2 is 2.25 bits per heavy atom. The lowest BCUT2D eigenvalue weighted by molar-refractivity contribution is 0.0694. The summed E-state index contributed by atoms with van der Waals surface area (Å²) in [5, 5.41) is 12.2. The number of aromatic nitrogens is 2. The van der Waals surface area contributed by atoms with Gasteiger partial charge >= 0.3 is 5.97 Å². The van der Waals surface area contributed by atoms with E-state index in [4.69, 9.17) is 5.11 Å². The van der Waals surface area contributed by atoms with Gasteiger partial charge in [-0.2, -0.15) is 0 Å². The van der Waals surface area contributed by atoms with E-state index in [0.717, 1.165) is 12.8 Å². The smallest absolute Gasteiger partial charge is 0.339 e. The van der Waals surface area contributed by atoms with Gasteiger partial charge in [-0.15, -0.1) is 0 Å². The van der Waals surface area contributed by atoms with Gasteiger partial charge in [-0.25, -0.2) is 14.8 Å². The first-order valence-electron chi connectivity index (χ1n) is 5.44. The number of aromatic carboxylic acids is 1. The van der Waals surface area contributed by atoms with Gasteiger partial charge in [0, 0.05) is 12.2 Å². The van der Waals surface area contributed by atoms with E-state index in [-0.39, 0.29) is 11.5 Å². The first-order chi connectivity index (χ1) is 7.58. The van der Waals surface area contributed by atoms with Crippen LogP contribution in [0.1, 0.15) is 48.7 Å². The summed E-state index contributed by atoms with van der Waals surface area (Å²) in [7, 11) is 0. The molecule has 0 amide bonds. The standard InChI is InChI=1S/C11H15N3O2/c1-6(2)9-8(10(15)16)5-12-11(14-9)13-7-3-4-7/h5-7H,3-4H2,1-2H3,(H,15,16)(H,12,13,14). The van der Waals surface area contributed by atoms with Crippen LogP contribution in [0.2, 0.25) is 0 Å². The lowest BCUT2D eigenvalue weighted by atomic mass is 10.1. The Morgan fingerprint density at radius 1 is 1.56 bits per heavy atom. The molecule has 1 saturated carbocycles. The second-order valence-electron chi connectivity index (χ2n) is 4.37. The van der Waals surface area contributed by atoms with Crippen molar-refractivity contribution in [2.24, 2.45) is 0 Å². The van der Waals surface area contributed by atoms with E-state index in [1.54, 1.807) is 0 Å². The number of carboxylic acids is 1. The van der Waals surface area contributed by atoms with Crippen LogP contribution in [0.5, 0.6) is 0 Å². The number of hydrogen-bond acceptors (Lipinski definition) is 4. The van der Waals surface area contributed by atoms with Gasteiger partial charge in [0.2, 0.25) is 5.95 Å². The highest BCUT2D eigenvalue weighted by Gasteiger charge is 2.23. The van der Waals surface area contributed by atoms with E-state index in [0.29, 0.717) is 17.7 Å². The summed E-state index contributed by atoms with van der Waals surface area (Å²) >= 11 is 0. The Kier molecular flexibility index (Phi) is 2.77. The van der Waals surface area contributed by atoms with E-state index in [2.05, 4.69) is 15.3 Å². The van der Waals surface area contributed by atoms with Crippen molar-refractivity contribution < 1.29 is 9.90 Å². The van der Waals surface area contributed by atoms with Gasteiger partial charge in [0.25, 0.3) is 0 Å². The van der Waals surface area contributed by atoms with Crippen LogP contribution in [0, 0.1) is 0 Å². The fraction of sp³-hybridized carbons (Fsp3) is 0.545. The Hall–Kier alpha value is -1.65. The number of nitrogens with zero attached hydrogens (tertiary/aromatic N) is 2. The molecule has 1 fully saturated rings. The van der Waals surface area contributed by atoms with Crippen LogP contribution >= 0.6 is 0 Å². The summed E-state index contributed by atoms with van der Waals surface area (Å²) < 4.78 is 0. The molecule has 0 unspecified atom stereocenters. The van der Waals surface area contributed by atoms with Crippen molar-refractivity contribution >= 4 is 11.9 Å². The molecule has 5 heteroatoms. The number of anilines is 1. The van der Waals surface area contributed by atoms with Gasteiger partial charge in [0.15, 0.2) is 0 Å². The Morgan fingerprint density at radius 3 is 2.75 bits per heavy atom. The fourth-order valence-corrected chi connectivity index (χ4v) is 1.48. The fourth-order valence-electron chi connectivity index (χ4n) is 1.48. The number of carboxylic acid groups (broad SMARTS) is 1. The lowest BCUT2D eigenvalue weighted by Gasteiger charge is -2.10. The van der Waals surface area contributed by atoms with E-state index >= 15 is 0 Å². The monoisotopic (exact) mass is 221 g/mol. The third-order valence-corrected chi connectivity index (χ3v) is 2.51. The molecule has 0 aromatic carbocycles. The normalized spacial score (nSPS) is 15.2. The summed E-state index contributed by atoms with van der Waals surface area (Å²) in [5.74, 6) is -0.355. The second kappa shape index (κ2) is 4.08. The van der Waals surface area contributed by atoms with Crippen LogP contribution in [0.15, 0.2) is 6.20 Å². The molecule has 1 aliphatic carbocycles. The van der Waals surface area contributed by atoms with Crippen LogP contribution in [0.4, 0.5) is 5.95 Å². The van der Waals surface area contributed by atoms with Gasteiger partial charge in [0.1, 0.15) is 0 Å². The molecule has 16 heavy (non-hydrogen) atoms. The van der Waals surface area contributed by atoms with Crippen LogP contribution < -0.4 is 5.32 Å². The van der Waals surface area contributed by atoms with Crippen molar-refractivity contribution in [3.05, 3.63) is 17.5 Å². The minimum atomic E-state index is -0.971. The van der Waals surface area contributed by atoms with Gasteiger partial charge in [-0.05, 0) is 18.8 Å². The highest BCUT2D eigenvalue weighted by atomic mass is 16.4. The summed E-state index contributed by atoms with van der Waals surface area (Å²) in [6.07, 6.45) is 3.66. The summed E-state index contributed by atoms with van der Waals surface area (Å²) in [6, 6.07) is 0.468. The van der Waals surface area contributed by atoms with Gasteiger partial charge in [0.05, 0.1) is 11.3 Å². The minimum absolute atomic E-state index is 0.0776. The first-order valence-corrected chi connectivity index (χ1v) is 5.44. The zero-order valence-electron chi connectivity index (χ0n) is 9.40. The molecule has 2 N–H and O–H groups in total. The third kappa shape index (κ3) is 2.29. The number of rotatable bonds is 4. The maximum absolute atomic E-state index is 11.0. The number of carbonyl (C=O) groups is 1. The van der Waals surface area contributed by atoms with Crippen molar-refractivity contribution in [2.45, 2.75) is 38.6 Å². The van der Waals surface area contributed by atoms with Crippen molar-refractivity contribution in [2.75, 3.05) is 5.32 Å². The molecule has 0 atom stereocenters. The highest BCUT2D eigenvalue weighted by molar-refractivity contribution is 5.88. The van der Waals surface area contributed by atoms with E-state index in [1.807, 2.05) is 13.8 Å². The average molecular weight is 221 g/mol. The predicted molar refractivity (Wildman–Crippen MR) is 59.7 cm³/mol. The molecule has 2 rings (SSSR count). The number of nitrogens with one attached hydrogen (secondary N) is 1. The van der Waals surface area contributed by atoms with Crippen molar-refractivity contribution in [3.8, 4) is 0 Å². The quantitative estimate of drug-likeness (QED) is 0.811. The minimum Gasteiger partial charge on any atom is -0.478 e. The molecule has 1 aromatic heterocycles. The van der Waals surface area contributed by atoms with E-state index in [9.17, 15) is 4.79 Å². The molecular formula is C11H15N3O2. The Labute approximate surface area is 93.9 Å². The molecule has 0 spiro atoms. The first kappa shape index (κ1) is 10.9. The Bertz CT molecular complexity index is 414. The van der Waals surface area contributed by atoms with Gasteiger partial charge in [-0.3, -0.25) is 0 Å². The van der Waals surface area contributed by atoms with Crippen molar-refractivity contribution in [3.63, 3.8) is 0 Å². The molecule has 5 nitrogen and oxygen atoms in total. The average Bonchev–Trinajstić information content (AvgIpc) is 3.01. The maximum Gasteiger partial charge on any atom is 0.339 e. The van der Waals surface area contributed by atoms with Crippen molar-refractivity contribution in [1.82, 2.24) is 9.97 Å². The van der Waals surface area contributed by atoms with Crippen LogP contribution in [0.3, 0.4) is 0 Å². The second-order valence-corrected chi connectivity index (χ2v) is 4.37. The molecule has 0 bridgehead atoms. The summed E-state index contributed by atoms with van der Waals surface area (Å²) in [5.41, 5.74) is 0.780. The zero-order chi connectivity index (χ0) is 11.7. The van der Waals surface area contributed by atoms with E-state index in [1.165, 1.54) is 6.20 Å². The van der Waals surface area contributed by atoms with Crippen LogP contribution in [-0.2, 0) is 0 Å². The third-order valence-electron chi connectivity index (χ3n) is 2.51. The van der Waals surface area contributed by atoms with Gasteiger partial charge < -0.3 is 10.4 Å².